The number of nitrogens with one attached hydrogen (secondary N) is 1. The van der Waals surface area contributed by atoms with Crippen molar-refractivity contribution in [1.82, 2.24) is 10.2 Å². The Morgan fingerprint density at radius 3 is 2.39 bits per heavy atom. The molecule has 108 valence electrons. The van der Waals surface area contributed by atoms with Crippen LogP contribution in [0.25, 0.3) is 0 Å². The molecule has 1 rings (SSSR count). The first-order chi connectivity index (χ1) is 8.35. The molecule has 0 radical (unpaired) electrons. The van der Waals surface area contributed by atoms with Crippen molar-refractivity contribution in [1.29, 1.82) is 0 Å². The maximum Gasteiger partial charge on any atom is 0.0105 e. The lowest BCUT2D eigenvalue weighted by molar-refractivity contribution is 0.134. The van der Waals surface area contributed by atoms with Gasteiger partial charge in [-0.1, -0.05) is 34.1 Å². The first-order valence-corrected chi connectivity index (χ1v) is 7.71. The van der Waals surface area contributed by atoms with Gasteiger partial charge in [0.05, 0.1) is 0 Å². The van der Waals surface area contributed by atoms with E-state index < -0.39 is 0 Å². The average molecular weight is 254 g/mol. The van der Waals surface area contributed by atoms with Gasteiger partial charge in [-0.25, -0.2) is 0 Å². The lowest BCUT2D eigenvalue weighted by atomic mass is 9.76. The van der Waals surface area contributed by atoms with Gasteiger partial charge in [0, 0.05) is 19.1 Å². The van der Waals surface area contributed by atoms with Gasteiger partial charge >= 0.3 is 0 Å². The van der Waals surface area contributed by atoms with Crippen LogP contribution in [0.2, 0.25) is 0 Å². The quantitative estimate of drug-likeness (QED) is 0.809. The van der Waals surface area contributed by atoms with Crippen LogP contribution in [-0.2, 0) is 0 Å². The molecule has 3 unspecified atom stereocenters. The summed E-state index contributed by atoms with van der Waals surface area (Å²) in [6, 6.07) is 0.732. The number of nitrogens with zero attached hydrogens (tertiary/aromatic N) is 1. The van der Waals surface area contributed by atoms with Crippen LogP contribution in [0, 0.1) is 17.3 Å². The van der Waals surface area contributed by atoms with Gasteiger partial charge in [-0.2, -0.15) is 0 Å². The van der Waals surface area contributed by atoms with Gasteiger partial charge in [0.1, 0.15) is 0 Å². The molecule has 0 aromatic heterocycles. The van der Waals surface area contributed by atoms with E-state index in [1.807, 2.05) is 0 Å². The Morgan fingerprint density at radius 2 is 1.89 bits per heavy atom. The summed E-state index contributed by atoms with van der Waals surface area (Å²) in [5.74, 6) is 1.80. The Morgan fingerprint density at radius 1 is 1.22 bits per heavy atom. The zero-order valence-electron chi connectivity index (χ0n) is 13.4. The molecule has 3 atom stereocenters. The third-order valence-electron chi connectivity index (χ3n) is 4.33. The molecule has 1 saturated carbocycles. The average Bonchev–Trinajstić information content (AvgIpc) is 2.26. The van der Waals surface area contributed by atoms with Gasteiger partial charge in [-0.15, -0.1) is 0 Å². The highest BCUT2D eigenvalue weighted by Gasteiger charge is 2.30. The molecule has 0 aliphatic heterocycles. The summed E-state index contributed by atoms with van der Waals surface area (Å²) in [5, 5.41) is 3.54. The third-order valence-corrected chi connectivity index (χ3v) is 4.33. The molecule has 0 aromatic rings. The van der Waals surface area contributed by atoms with E-state index in [-0.39, 0.29) is 0 Å². The van der Waals surface area contributed by atoms with Gasteiger partial charge in [-0.05, 0) is 50.6 Å². The van der Waals surface area contributed by atoms with E-state index in [0.29, 0.717) is 5.41 Å². The predicted octanol–water partition coefficient (Wildman–Crippen LogP) is 3.38. The topological polar surface area (TPSA) is 15.3 Å². The highest BCUT2D eigenvalue weighted by molar-refractivity contribution is 4.85. The second-order valence-electron chi connectivity index (χ2n) is 7.50. The van der Waals surface area contributed by atoms with Crippen molar-refractivity contribution in [2.75, 3.05) is 27.2 Å². The second kappa shape index (κ2) is 6.91. The van der Waals surface area contributed by atoms with E-state index in [2.05, 4.69) is 52.0 Å². The Labute approximate surface area is 115 Å². The van der Waals surface area contributed by atoms with Crippen molar-refractivity contribution in [3.8, 4) is 0 Å². The molecule has 1 aliphatic rings. The third kappa shape index (κ3) is 5.27. The van der Waals surface area contributed by atoms with Crippen molar-refractivity contribution in [2.45, 2.75) is 59.4 Å². The van der Waals surface area contributed by atoms with Crippen LogP contribution in [-0.4, -0.2) is 38.1 Å². The SMILES string of the molecule is CCC1CCC(NC)C(CN(C)CC(C)(C)C)C1. The molecule has 0 amide bonds. The fourth-order valence-electron chi connectivity index (χ4n) is 3.59. The van der Waals surface area contributed by atoms with Crippen LogP contribution in [0.15, 0.2) is 0 Å². The Kier molecular flexibility index (Phi) is 6.13. The standard InChI is InChI=1S/C16H34N2/c1-7-13-8-9-15(17-5)14(10-13)11-18(6)12-16(2,3)4/h13-15,17H,7-12H2,1-6H3. The Bertz CT molecular complexity index is 232. The molecule has 2 heteroatoms. The minimum absolute atomic E-state index is 0.405. The molecular weight excluding hydrogens is 220 g/mol. The lowest BCUT2D eigenvalue weighted by Crippen LogP contribution is -2.45. The van der Waals surface area contributed by atoms with Gasteiger partial charge in [0.15, 0.2) is 0 Å². The Balaban J connectivity index is 2.50. The molecule has 0 heterocycles. The molecule has 0 saturated heterocycles. The number of hydrogen-bond donors (Lipinski definition) is 1. The second-order valence-corrected chi connectivity index (χ2v) is 7.50. The summed E-state index contributed by atoms with van der Waals surface area (Å²) in [4.78, 5) is 2.53. The van der Waals surface area contributed by atoms with Gasteiger partial charge in [-0.3, -0.25) is 0 Å². The maximum atomic E-state index is 3.54. The monoisotopic (exact) mass is 254 g/mol. The van der Waals surface area contributed by atoms with E-state index in [1.54, 1.807) is 0 Å². The molecule has 1 fully saturated rings. The fourth-order valence-corrected chi connectivity index (χ4v) is 3.59. The first kappa shape index (κ1) is 16.0. The summed E-state index contributed by atoms with van der Waals surface area (Å²) in [6.45, 7) is 11.8. The van der Waals surface area contributed by atoms with Crippen LogP contribution < -0.4 is 5.32 Å². The summed E-state index contributed by atoms with van der Waals surface area (Å²) in [6.07, 6.45) is 5.55. The normalized spacial score (nSPS) is 29.8. The van der Waals surface area contributed by atoms with E-state index >= 15 is 0 Å². The van der Waals surface area contributed by atoms with E-state index in [0.717, 1.165) is 17.9 Å². The maximum absolute atomic E-state index is 3.54. The summed E-state index contributed by atoms with van der Waals surface area (Å²) in [5.41, 5.74) is 0.405. The van der Waals surface area contributed by atoms with Gasteiger partial charge < -0.3 is 10.2 Å². The molecule has 1 N–H and O–H groups in total. The summed E-state index contributed by atoms with van der Waals surface area (Å²) < 4.78 is 0. The largest absolute Gasteiger partial charge is 0.317 e. The van der Waals surface area contributed by atoms with Crippen molar-refractivity contribution in [3.63, 3.8) is 0 Å². The summed E-state index contributed by atoms with van der Waals surface area (Å²) >= 11 is 0. The van der Waals surface area contributed by atoms with E-state index in [9.17, 15) is 0 Å². The van der Waals surface area contributed by atoms with Crippen molar-refractivity contribution in [3.05, 3.63) is 0 Å². The highest BCUT2D eigenvalue weighted by atomic mass is 15.1. The van der Waals surface area contributed by atoms with Gasteiger partial charge in [0.25, 0.3) is 0 Å². The smallest absolute Gasteiger partial charge is 0.0105 e. The highest BCUT2D eigenvalue weighted by Crippen LogP contribution is 2.32. The zero-order valence-corrected chi connectivity index (χ0v) is 13.4. The van der Waals surface area contributed by atoms with E-state index in [1.165, 1.54) is 38.8 Å². The summed E-state index contributed by atoms with van der Waals surface area (Å²) in [7, 11) is 4.42. The molecular formula is C16H34N2. The van der Waals surface area contributed by atoms with Crippen molar-refractivity contribution >= 4 is 0 Å². The Hall–Kier alpha value is -0.0800. The first-order valence-electron chi connectivity index (χ1n) is 7.71. The number of rotatable bonds is 5. The molecule has 0 spiro atoms. The van der Waals surface area contributed by atoms with E-state index in [4.69, 9.17) is 0 Å². The molecule has 18 heavy (non-hydrogen) atoms. The van der Waals surface area contributed by atoms with Crippen LogP contribution >= 0.6 is 0 Å². The molecule has 2 nitrogen and oxygen atoms in total. The minimum atomic E-state index is 0.405. The van der Waals surface area contributed by atoms with Crippen LogP contribution in [0.4, 0.5) is 0 Å². The molecule has 0 aromatic carbocycles. The molecule has 1 aliphatic carbocycles. The van der Waals surface area contributed by atoms with Crippen LogP contribution in [0.5, 0.6) is 0 Å². The van der Waals surface area contributed by atoms with Crippen LogP contribution in [0.3, 0.4) is 0 Å². The number of hydrogen-bond acceptors (Lipinski definition) is 2. The molecule has 0 bridgehead atoms. The van der Waals surface area contributed by atoms with Crippen molar-refractivity contribution < 1.29 is 0 Å². The fraction of sp³-hybridized carbons (Fsp3) is 1.00. The lowest BCUT2D eigenvalue weighted by Gasteiger charge is -2.39. The van der Waals surface area contributed by atoms with Gasteiger partial charge in [0.2, 0.25) is 0 Å². The van der Waals surface area contributed by atoms with Crippen LogP contribution in [0.1, 0.15) is 53.4 Å². The predicted molar refractivity (Wildman–Crippen MR) is 80.9 cm³/mol. The van der Waals surface area contributed by atoms with Crippen molar-refractivity contribution in [2.24, 2.45) is 17.3 Å². The minimum Gasteiger partial charge on any atom is -0.317 e. The zero-order chi connectivity index (χ0) is 13.8.